The summed E-state index contributed by atoms with van der Waals surface area (Å²) in [5, 5.41) is 7.10. The van der Waals surface area contributed by atoms with Gasteiger partial charge >= 0.3 is 0 Å². The third-order valence-electron chi connectivity index (χ3n) is 13.1. The van der Waals surface area contributed by atoms with Crippen LogP contribution in [0.15, 0.2) is 217 Å². The third kappa shape index (κ3) is 4.40. The minimum atomic E-state index is -0.461. The van der Waals surface area contributed by atoms with Crippen LogP contribution in [0.2, 0.25) is 0 Å². The van der Waals surface area contributed by atoms with Gasteiger partial charge in [0.25, 0.3) is 0 Å². The van der Waals surface area contributed by atoms with Crippen molar-refractivity contribution >= 4 is 60.5 Å². The van der Waals surface area contributed by atoms with E-state index >= 15 is 0 Å². The molecule has 0 bridgehead atoms. The Kier molecular flexibility index (Phi) is 6.68. The van der Waals surface area contributed by atoms with E-state index in [1.165, 1.54) is 77.2 Å². The molecular formula is C57H35NO. The maximum atomic E-state index is 6.94. The molecule has 1 heterocycles. The van der Waals surface area contributed by atoms with Gasteiger partial charge in [0.2, 0.25) is 0 Å². The predicted molar refractivity (Wildman–Crippen MR) is 245 cm³/mol. The largest absolute Gasteiger partial charge is 0.454 e. The Morgan fingerprint density at radius 3 is 1.59 bits per heavy atom. The van der Waals surface area contributed by atoms with Gasteiger partial charge in [-0.2, -0.15) is 0 Å². The summed E-state index contributed by atoms with van der Waals surface area (Å²) in [5.41, 5.74) is 17.3. The van der Waals surface area contributed by atoms with Crippen molar-refractivity contribution in [1.29, 1.82) is 0 Å². The van der Waals surface area contributed by atoms with Crippen LogP contribution in [0.4, 0.5) is 17.1 Å². The lowest BCUT2D eigenvalue weighted by Crippen LogP contribution is -2.26. The summed E-state index contributed by atoms with van der Waals surface area (Å²) in [6.07, 6.45) is 0. The zero-order valence-corrected chi connectivity index (χ0v) is 32.1. The van der Waals surface area contributed by atoms with Gasteiger partial charge in [0.15, 0.2) is 5.58 Å². The molecule has 2 heteroatoms. The molecule has 0 unspecified atom stereocenters. The second kappa shape index (κ2) is 12.2. The molecule has 0 atom stereocenters. The van der Waals surface area contributed by atoms with E-state index in [1.54, 1.807) is 0 Å². The van der Waals surface area contributed by atoms with Crippen LogP contribution >= 0.6 is 0 Å². The van der Waals surface area contributed by atoms with Crippen molar-refractivity contribution in [2.75, 3.05) is 4.90 Å². The minimum absolute atomic E-state index is 0.461. The number of hydrogen-bond acceptors (Lipinski definition) is 2. The van der Waals surface area contributed by atoms with E-state index in [4.69, 9.17) is 4.42 Å². The fraction of sp³-hybridized carbons (Fsp3) is 0.0175. The smallest absolute Gasteiger partial charge is 0.160 e. The summed E-state index contributed by atoms with van der Waals surface area (Å²) < 4.78 is 6.94. The molecule has 13 rings (SSSR count). The lowest BCUT2D eigenvalue weighted by molar-refractivity contribution is 0.669. The first-order chi connectivity index (χ1) is 29.3. The average molecular weight is 750 g/mol. The van der Waals surface area contributed by atoms with Crippen molar-refractivity contribution in [3.63, 3.8) is 0 Å². The maximum absolute atomic E-state index is 6.94. The van der Waals surface area contributed by atoms with Crippen LogP contribution < -0.4 is 4.90 Å². The van der Waals surface area contributed by atoms with Crippen LogP contribution in [0.25, 0.3) is 76.9 Å². The summed E-state index contributed by atoms with van der Waals surface area (Å²) >= 11 is 0. The van der Waals surface area contributed by atoms with Gasteiger partial charge in [0, 0.05) is 22.1 Å². The summed E-state index contributed by atoms with van der Waals surface area (Å²) in [6, 6.07) is 78.0. The van der Waals surface area contributed by atoms with Gasteiger partial charge in [-0.3, -0.25) is 0 Å². The van der Waals surface area contributed by atoms with Crippen molar-refractivity contribution in [2.45, 2.75) is 5.41 Å². The van der Waals surface area contributed by atoms with Crippen LogP contribution in [-0.4, -0.2) is 0 Å². The van der Waals surface area contributed by atoms with E-state index in [9.17, 15) is 0 Å². The Morgan fingerprint density at radius 1 is 0.356 bits per heavy atom. The maximum Gasteiger partial charge on any atom is 0.160 e. The van der Waals surface area contributed by atoms with E-state index in [1.807, 2.05) is 0 Å². The molecule has 1 aromatic heterocycles. The second-order valence-electron chi connectivity index (χ2n) is 15.9. The van der Waals surface area contributed by atoms with E-state index in [2.05, 4.69) is 217 Å². The summed E-state index contributed by atoms with van der Waals surface area (Å²) in [6.45, 7) is 0. The highest BCUT2D eigenvalue weighted by Crippen LogP contribution is 2.63. The first-order valence-corrected chi connectivity index (χ1v) is 20.4. The summed E-state index contributed by atoms with van der Waals surface area (Å²) in [4.78, 5) is 2.42. The molecule has 59 heavy (non-hydrogen) atoms. The Bertz CT molecular complexity index is 3450. The van der Waals surface area contributed by atoms with Gasteiger partial charge in [-0.15, -0.1) is 0 Å². The van der Waals surface area contributed by atoms with Gasteiger partial charge in [-0.25, -0.2) is 0 Å². The molecule has 1 spiro atoms. The van der Waals surface area contributed by atoms with Crippen LogP contribution in [0.1, 0.15) is 22.3 Å². The standard InChI is InChI=1S/C57H35NO/c1-3-17-41-36(14-1)16-13-23-42(41)37-28-30-39(31-29-37)58(53-34-38-15-2-4-18-43(38)55-48-22-8-12-27-54(48)59-56(53)55)40-32-33-47-46-21-7-11-26-51(46)57(52(47)35-40)49-24-9-5-19-44(49)45-20-6-10-25-50(45)57/h1-35H. The van der Waals surface area contributed by atoms with Gasteiger partial charge in [-0.05, 0) is 114 Å². The van der Waals surface area contributed by atoms with Crippen molar-refractivity contribution in [1.82, 2.24) is 0 Å². The zero-order chi connectivity index (χ0) is 38.7. The zero-order valence-electron chi connectivity index (χ0n) is 32.1. The highest BCUT2D eigenvalue weighted by Gasteiger charge is 2.51. The first-order valence-electron chi connectivity index (χ1n) is 20.4. The molecule has 0 saturated heterocycles. The minimum Gasteiger partial charge on any atom is -0.454 e. The second-order valence-corrected chi connectivity index (χ2v) is 15.9. The molecule has 2 aliphatic carbocycles. The number of anilines is 3. The lowest BCUT2D eigenvalue weighted by atomic mass is 9.70. The van der Waals surface area contributed by atoms with Crippen LogP contribution in [0, 0.1) is 0 Å². The highest BCUT2D eigenvalue weighted by molar-refractivity contribution is 6.23. The van der Waals surface area contributed by atoms with Crippen molar-refractivity contribution in [3.05, 3.63) is 235 Å². The SMILES string of the molecule is c1ccc2c(c1)-c1ccccc1C21c2ccccc2-c2ccc(N(c3ccc(-c4cccc5ccccc45)cc3)c3cc4ccccc4c4c3oc3ccccc34)cc21. The lowest BCUT2D eigenvalue weighted by Gasteiger charge is -2.32. The van der Waals surface area contributed by atoms with E-state index in [0.717, 1.165) is 39.0 Å². The predicted octanol–water partition coefficient (Wildman–Crippen LogP) is 15.4. The summed E-state index contributed by atoms with van der Waals surface area (Å²) in [5.74, 6) is 0. The molecule has 2 aliphatic rings. The van der Waals surface area contributed by atoms with Crippen LogP contribution in [0.3, 0.4) is 0 Å². The van der Waals surface area contributed by atoms with Crippen molar-refractivity contribution in [2.24, 2.45) is 0 Å². The number of benzene rings is 10. The van der Waals surface area contributed by atoms with Crippen molar-refractivity contribution < 1.29 is 4.42 Å². The van der Waals surface area contributed by atoms with Crippen LogP contribution in [-0.2, 0) is 5.41 Å². The normalized spacial score (nSPS) is 13.2. The molecule has 0 saturated carbocycles. The summed E-state index contributed by atoms with van der Waals surface area (Å²) in [7, 11) is 0. The monoisotopic (exact) mass is 749 g/mol. The van der Waals surface area contributed by atoms with E-state index < -0.39 is 5.41 Å². The van der Waals surface area contributed by atoms with Gasteiger partial charge in [-0.1, -0.05) is 176 Å². The molecule has 10 aromatic carbocycles. The number of rotatable bonds is 4. The number of nitrogens with zero attached hydrogens (tertiary/aromatic N) is 1. The van der Waals surface area contributed by atoms with Gasteiger partial charge in [0.05, 0.1) is 11.1 Å². The van der Waals surface area contributed by atoms with Gasteiger partial charge < -0.3 is 9.32 Å². The topological polar surface area (TPSA) is 16.4 Å². The molecule has 274 valence electrons. The molecule has 0 radical (unpaired) electrons. The molecule has 0 fully saturated rings. The van der Waals surface area contributed by atoms with E-state index in [0.29, 0.717) is 0 Å². The molecular weight excluding hydrogens is 715 g/mol. The number of furan rings is 1. The molecule has 0 N–H and O–H groups in total. The molecule has 2 nitrogen and oxygen atoms in total. The van der Waals surface area contributed by atoms with E-state index in [-0.39, 0.29) is 0 Å². The quantitative estimate of drug-likeness (QED) is 0.178. The molecule has 0 amide bonds. The highest BCUT2D eigenvalue weighted by atomic mass is 16.3. The fourth-order valence-corrected chi connectivity index (χ4v) is 10.6. The Hall–Kier alpha value is -7.68. The van der Waals surface area contributed by atoms with Gasteiger partial charge in [0.1, 0.15) is 5.58 Å². The molecule has 11 aromatic rings. The Labute approximate surface area is 341 Å². The molecule has 0 aliphatic heterocycles. The Morgan fingerprint density at radius 2 is 0.881 bits per heavy atom. The van der Waals surface area contributed by atoms with Crippen molar-refractivity contribution in [3.8, 4) is 33.4 Å². The fourth-order valence-electron chi connectivity index (χ4n) is 10.6. The number of fused-ring (bicyclic) bond motifs is 16. The number of para-hydroxylation sites is 1. The third-order valence-corrected chi connectivity index (χ3v) is 13.1. The number of hydrogen-bond donors (Lipinski definition) is 0. The first kappa shape index (κ1) is 32.4. The van der Waals surface area contributed by atoms with Crippen LogP contribution in [0.5, 0.6) is 0 Å². The average Bonchev–Trinajstić information content (AvgIpc) is 3.94. The Balaban J connectivity index is 1.10.